The number of benzene rings is 2. The van der Waals surface area contributed by atoms with Crippen LogP contribution in [0.2, 0.25) is 0 Å². The lowest BCUT2D eigenvalue weighted by molar-refractivity contribution is -0.136. The summed E-state index contributed by atoms with van der Waals surface area (Å²) in [5.74, 6) is 1.57. The van der Waals surface area contributed by atoms with Crippen LogP contribution in [0.5, 0.6) is 17.2 Å². The highest BCUT2D eigenvalue weighted by atomic mass is 127. The highest BCUT2D eigenvalue weighted by Gasteiger charge is 2.16. The van der Waals surface area contributed by atoms with Gasteiger partial charge in [0, 0.05) is 12.1 Å². The molecule has 6 nitrogen and oxygen atoms in total. The summed E-state index contributed by atoms with van der Waals surface area (Å²) in [5.41, 5.74) is 1.85. The first kappa shape index (κ1) is 24.3. The van der Waals surface area contributed by atoms with Gasteiger partial charge in [-0.15, -0.1) is 0 Å². The molecule has 1 aliphatic heterocycles. The SMILES string of the molecule is O=C(O)Cc1cc(I)c(Oc2cc(I)c3c(c2)CNCCCNCCCO3)c(I)c1. The fraction of sp³-hybridized carbons (Fsp3) is 0.381. The van der Waals surface area contributed by atoms with Crippen molar-refractivity contribution in [2.24, 2.45) is 0 Å². The molecule has 0 aromatic heterocycles. The number of carboxylic acid groups (broad SMARTS) is 1. The second-order valence-corrected chi connectivity index (χ2v) is 10.4. The van der Waals surface area contributed by atoms with Crippen LogP contribution in [-0.2, 0) is 17.8 Å². The van der Waals surface area contributed by atoms with Gasteiger partial charge in [0.15, 0.2) is 5.75 Å². The van der Waals surface area contributed by atoms with Gasteiger partial charge in [0.2, 0.25) is 0 Å². The standard InChI is InChI=1S/C21H23I3N2O4/c22-16-7-13(9-19(27)28)8-17(23)21(16)30-15-10-14-12-26-4-1-3-25-5-2-6-29-20(14)18(24)11-15/h7-8,10-11,25-26H,1-6,9,12H2,(H,27,28). The lowest BCUT2D eigenvalue weighted by Gasteiger charge is -2.18. The second kappa shape index (κ2) is 12.0. The second-order valence-electron chi connectivity index (χ2n) is 6.94. The molecule has 0 fully saturated rings. The zero-order valence-electron chi connectivity index (χ0n) is 16.3. The highest BCUT2D eigenvalue weighted by Crippen LogP contribution is 2.37. The van der Waals surface area contributed by atoms with E-state index in [0.29, 0.717) is 13.2 Å². The number of hydrogen-bond donors (Lipinski definition) is 3. The van der Waals surface area contributed by atoms with Crippen LogP contribution in [0.25, 0.3) is 0 Å². The highest BCUT2D eigenvalue weighted by molar-refractivity contribution is 14.1. The number of rotatable bonds is 4. The Kier molecular flexibility index (Phi) is 9.72. The maximum atomic E-state index is 11.0. The molecule has 0 unspecified atom stereocenters. The summed E-state index contributed by atoms with van der Waals surface area (Å²) < 4.78 is 15.1. The van der Waals surface area contributed by atoms with Crippen LogP contribution in [0.3, 0.4) is 0 Å². The number of fused-ring (bicyclic) bond motifs is 1. The van der Waals surface area contributed by atoms with Crippen molar-refractivity contribution in [2.75, 3.05) is 26.2 Å². The zero-order valence-corrected chi connectivity index (χ0v) is 22.7. The zero-order chi connectivity index (χ0) is 21.5. The molecular formula is C21H23I3N2O4. The summed E-state index contributed by atoms with van der Waals surface area (Å²) in [6.45, 7) is 4.30. The molecule has 1 heterocycles. The third-order valence-corrected chi connectivity index (χ3v) is 6.90. The fourth-order valence-electron chi connectivity index (χ4n) is 3.14. The Bertz CT molecular complexity index is 885. The van der Waals surface area contributed by atoms with Crippen LogP contribution in [-0.4, -0.2) is 37.3 Å². The number of hydrogen-bond acceptors (Lipinski definition) is 5. The Hall–Kier alpha value is -0.380. The molecule has 0 saturated heterocycles. The summed E-state index contributed by atoms with van der Waals surface area (Å²) in [7, 11) is 0. The first-order valence-corrected chi connectivity index (χ1v) is 12.9. The van der Waals surface area contributed by atoms with Crippen LogP contribution in [0.4, 0.5) is 0 Å². The first-order chi connectivity index (χ1) is 14.4. The number of aliphatic carboxylic acids is 1. The summed E-state index contributed by atoms with van der Waals surface area (Å²) >= 11 is 6.70. The normalized spacial score (nSPS) is 15.3. The molecule has 0 aliphatic carbocycles. The lowest BCUT2D eigenvalue weighted by atomic mass is 10.1. The van der Waals surface area contributed by atoms with Gasteiger partial charge < -0.3 is 25.2 Å². The lowest BCUT2D eigenvalue weighted by Crippen LogP contribution is -2.25. The van der Waals surface area contributed by atoms with Gasteiger partial charge in [-0.1, -0.05) is 0 Å². The third kappa shape index (κ3) is 7.07. The maximum Gasteiger partial charge on any atom is 0.307 e. The van der Waals surface area contributed by atoms with E-state index in [9.17, 15) is 4.79 Å². The van der Waals surface area contributed by atoms with Gasteiger partial charge in [-0.05, 0) is 130 Å². The van der Waals surface area contributed by atoms with E-state index in [0.717, 1.165) is 71.6 Å². The van der Waals surface area contributed by atoms with Gasteiger partial charge in [-0.2, -0.15) is 0 Å². The van der Waals surface area contributed by atoms with Crippen molar-refractivity contribution in [1.82, 2.24) is 10.6 Å². The number of carbonyl (C=O) groups is 1. The van der Waals surface area contributed by atoms with E-state index in [-0.39, 0.29) is 6.42 Å². The number of carboxylic acids is 1. The largest absolute Gasteiger partial charge is 0.492 e. The number of nitrogens with one attached hydrogen (secondary N) is 2. The van der Waals surface area contributed by atoms with E-state index in [2.05, 4.69) is 78.4 Å². The van der Waals surface area contributed by atoms with Crippen LogP contribution < -0.4 is 20.1 Å². The monoisotopic (exact) mass is 748 g/mol. The predicted octanol–water partition coefficient (Wildman–Crippen LogP) is 4.77. The summed E-state index contributed by atoms with van der Waals surface area (Å²) in [4.78, 5) is 11.0. The van der Waals surface area contributed by atoms with E-state index in [1.54, 1.807) is 0 Å². The Morgan fingerprint density at radius 3 is 2.43 bits per heavy atom. The van der Waals surface area contributed by atoms with Crippen LogP contribution in [0, 0.1) is 10.7 Å². The molecule has 0 spiro atoms. The van der Waals surface area contributed by atoms with Gasteiger partial charge in [0.1, 0.15) is 11.5 Å². The van der Waals surface area contributed by atoms with E-state index in [1.165, 1.54) is 0 Å². The van der Waals surface area contributed by atoms with Gasteiger partial charge in [-0.25, -0.2) is 0 Å². The molecule has 30 heavy (non-hydrogen) atoms. The van der Waals surface area contributed by atoms with Gasteiger partial charge in [0.05, 0.1) is 23.7 Å². The molecule has 0 saturated carbocycles. The maximum absolute atomic E-state index is 11.0. The van der Waals surface area contributed by atoms with Crippen molar-refractivity contribution in [3.05, 3.63) is 46.1 Å². The van der Waals surface area contributed by atoms with Crippen molar-refractivity contribution in [2.45, 2.75) is 25.8 Å². The Labute approximate surface area is 217 Å². The van der Waals surface area contributed by atoms with Gasteiger partial charge in [-0.3, -0.25) is 4.79 Å². The number of halogens is 3. The molecule has 0 amide bonds. The molecular weight excluding hydrogens is 725 g/mol. The molecule has 0 atom stereocenters. The number of ether oxygens (including phenoxy) is 2. The quantitative estimate of drug-likeness (QED) is 0.392. The minimum absolute atomic E-state index is 0.00154. The average Bonchev–Trinajstić information content (AvgIpc) is 2.65. The summed E-state index contributed by atoms with van der Waals surface area (Å²) in [5, 5.41) is 16.0. The van der Waals surface area contributed by atoms with Gasteiger partial charge >= 0.3 is 5.97 Å². The molecule has 2 aromatic carbocycles. The first-order valence-electron chi connectivity index (χ1n) is 9.68. The third-order valence-electron chi connectivity index (χ3n) is 4.49. The molecule has 1 aliphatic rings. The molecule has 3 rings (SSSR count). The minimum atomic E-state index is -0.840. The van der Waals surface area contributed by atoms with E-state index in [1.807, 2.05) is 24.3 Å². The van der Waals surface area contributed by atoms with Crippen molar-refractivity contribution in [3.63, 3.8) is 0 Å². The predicted molar refractivity (Wildman–Crippen MR) is 142 cm³/mol. The van der Waals surface area contributed by atoms with E-state index >= 15 is 0 Å². The topological polar surface area (TPSA) is 79.8 Å². The van der Waals surface area contributed by atoms with Gasteiger partial charge in [0.25, 0.3) is 0 Å². The van der Waals surface area contributed by atoms with E-state index in [4.69, 9.17) is 14.6 Å². The van der Waals surface area contributed by atoms with Crippen LogP contribution >= 0.6 is 67.8 Å². The van der Waals surface area contributed by atoms with Crippen LogP contribution in [0.1, 0.15) is 24.0 Å². The van der Waals surface area contributed by atoms with E-state index < -0.39 is 5.97 Å². The molecule has 2 aromatic rings. The Morgan fingerprint density at radius 1 is 1.00 bits per heavy atom. The molecule has 3 N–H and O–H groups in total. The Balaban J connectivity index is 1.85. The van der Waals surface area contributed by atoms with Crippen molar-refractivity contribution in [1.29, 1.82) is 0 Å². The van der Waals surface area contributed by atoms with Crippen LogP contribution in [0.15, 0.2) is 24.3 Å². The molecule has 162 valence electrons. The van der Waals surface area contributed by atoms with Crippen molar-refractivity contribution >= 4 is 73.7 Å². The Morgan fingerprint density at radius 2 is 1.70 bits per heavy atom. The molecule has 0 bridgehead atoms. The smallest absolute Gasteiger partial charge is 0.307 e. The minimum Gasteiger partial charge on any atom is -0.492 e. The average molecular weight is 748 g/mol. The molecule has 9 heteroatoms. The summed E-state index contributed by atoms with van der Waals surface area (Å²) in [6, 6.07) is 7.75. The molecule has 0 radical (unpaired) electrons. The van der Waals surface area contributed by atoms with Crippen molar-refractivity contribution < 1.29 is 19.4 Å². The van der Waals surface area contributed by atoms with Crippen molar-refractivity contribution in [3.8, 4) is 17.2 Å². The fourth-order valence-corrected chi connectivity index (χ4v) is 6.06. The summed E-state index contributed by atoms with van der Waals surface area (Å²) in [6.07, 6.45) is 2.06.